The molecule has 1 aromatic heterocycles. The van der Waals surface area contributed by atoms with Crippen molar-refractivity contribution in [3.05, 3.63) is 28.3 Å². The van der Waals surface area contributed by atoms with E-state index < -0.39 is 11.2 Å². The Labute approximate surface area is 122 Å². The Morgan fingerprint density at radius 1 is 1.52 bits per heavy atom. The van der Waals surface area contributed by atoms with Crippen molar-refractivity contribution in [2.75, 3.05) is 13.1 Å². The number of nitrogens with zero attached hydrogens (tertiary/aromatic N) is 1. The number of likely N-dealkylation sites (tertiary alicyclic amines) is 1. The highest BCUT2D eigenvalue weighted by Crippen LogP contribution is 2.13. The molecular weight excluding hydrogens is 276 g/mol. The fourth-order valence-electron chi connectivity index (χ4n) is 2.30. The number of carbonyl (C=O) groups is 1. The monoisotopic (exact) mass is 296 g/mol. The van der Waals surface area contributed by atoms with Gasteiger partial charge in [0.05, 0.1) is 18.7 Å². The second-order valence-corrected chi connectivity index (χ2v) is 5.26. The van der Waals surface area contributed by atoms with Crippen LogP contribution in [-0.2, 0) is 11.3 Å². The SMILES string of the molecule is CC(C(=O)NCc1cc(=O)c(O)co1)N1CCC(O)CC1. The third kappa shape index (κ3) is 4.05. The summed E-state index contributed by atoms with van der Waals surface area (Å²) in [5.74, 6) is -0.333. The summed E-state index contributed by atoms with van der Waals surface area (Å²) in [6.07, 6.45) is 2.02. The number of aromatic hydroxyl groups is 1. The molecule has 1 aromatic rings. The van der Waals surface area contributed by atoms with E-state index in [1.165, 1.54) is 0 Å². The van der Waals surface area contributed by atoms with Gasteiger partial charge in [0.25, 0.3) is 0 Å². The lowest BCUT2D eigenvalue weighted by Gasteiger charge is -2.33. The zero-order valence-electron chi connectivity index (χ0n) is 11.9. The zero-order valence-corrected chi connectivity index (χ0v) is 11.9. The highest BCUT2D eigenvalue weighted by Gasteiger charge is 2.25. The van der Waals surface area contributed by atoms with Crippen LogP contribution in [0, 0.1) is 0 Å². The molecule has 0 saturated carbocycles. The van der Waals surface area contributed by atoms with Gasteiger partial charge in [0.1, 0.15) is 12.0 Å². The molecule has 1 amide bonds. The Morgan fingerprint density at radius 3 is 2.81 bits per heavy atom. The number of amides is 1. The maximum absolute atomic E-state index is 12.1. The number of carbonyl (C=O) groups excluding carboxylic acids is 1. The summed E-state index contributed by atoms with van der Waals surface area (Å²) in [5, 5.41) is 21.2. The summed E-state index contributed by atoms with van der Waals surface area (Å²) in [6, 6.07) is 0.846. The molecule has 0 aliphatic carbocycles. The Hall–Kier alpha value is -1.86. The third-order valence-corrected chi connectivity index (χ3v) is 3.73. The molecule has 1 aliphatic rings. The fourth-order valence-corrected chi connectivity index (χ4v) is 2.30. The second-order valence-electron chi connectivity index (χ2n) is 5.26. The lowest BCUT2D eigenvalue weighted by Crippen LogP contribution is -2.48. The van der Waals surface area contributed by atoms with Crippen LogP contribution in [0.1, 0.15) is 25.5 Å². The molecule has 1 unspecified atom stereocenters. The van der Waals surface area contributed by atoms with Crippen LogP contribution in [0.2, 0.25) is 0 Å². The predicted molar refractivity (Wildman–Crippen MR) is 74.8 cm³/mol. The van der Waals surface area contributed by atoms with E-state index >= 15 is 0 Å². The number of piperidine rings is 1. The van der Waals surface area contributed by atoms with Gasteiger partial charge in [-0.25, -0.2) is 0 Å². The quantitative estimate of drug-likeness (QED) is 0.711. The van der Waals surface area contributed by atoms with Crippen molar-refractivity contribution in [1.29, 1.82) is 0 Å². The van der Waals surface area contributed by atoms with Gasteiger partial charge in [-0.1, -0.05) is 0 Å². The minimum absolute atomic E-state index is 0.0924. The lowest BCUT2D eigenvalue weighted by atomic mass is 10.1. The Balaban J connectivity index is 1.86. The van der Waals surface area contributed by atoms with Crippen LogP contribution in [0.5, 0.6) is 5.75 Å². The molecule has 2 heterocycles. The van der Waals surface area contributed by atoms with Crippen molar-refractivity contribution in [2.24, 2.45) is 0 Å². The van der Waals surface area contributed by atoms with Crippen LogP contribution in [-0.4, -0.2) is 46.3 Å². The summed E-state index contributed by atoms with van der Waals surface area (Å²) in [6.45, 7) is 3.27. The van der Waals surface area contributed by atoms with Gasteiger partial charge in [0, 0.05) is 19.2 Å². The Morgan fingerprint density at radius 2 is 2.19 bits per heavy atom. The standard InChI is InChI=1S/C14H20N2O5/c1-9(16-4-2-10(17)3-5-16)14(20)15-7-11-6-12(18)13(19)8-21-11/h6,8-10,17,19H,2-5,7H2,1H3,(H,15,20). The van der Waals surface area contributed by atoms with Crippen molar-refractivity contribution in [3.8, 4) is 5.75 Å². The number of hydrogen-bond donors (Lipinski definition) is 3. The number of hydrogen-bond acceptors (Lipinski definition) is 6. The van der Waals surface area contributed by atoms with E-state index in [0.29, 0.717) is 25.9 Å². The Bertz CT molecular complexity index is 549. The van der Waals surface area contributed by atoms with Crippen LogP contribution in [0.4, 0.5) is 0 Å². The van der Waals surface area contributed by atoms with E-state index in [9.17, 15) is 14.7 Å². The van der Waals surface area contributed by atoms with Crippen LogP contribution >= 0.6 is 0 Å². The minimum atomic E-state index is -0.538. The molecule has 1 atom stereocenters. The number of aliphatic hydroxyl groups excluding tert-OH is 1. The number of rotatable bonds is 4. The molecule has 0 bridgehead atoms. The summed E-state index contributed by atoms with van der Waals surface area (Å²) in [4.78, 5) is 25.3. The predicted octanol–water partition coefficient (Wildman–Crippen LogP) is -0.193. The highest BCUT2D eigenvalue weighted by molar-refractivity contribution is 5.81. The second kappa shape index (κ2) is 6.73. The van der Waals surface area contributed by atoms with Crippen molar-refractivity contribution in [1.82, 2.24) is 10.2 Å². The number of aliphatic hydroxyl groups is 1. The summed E-state index contributed by atoms with van der Waals surface area (Å²) in [5.41, 5.74) is -0.538. The maximum atomic E-state index is 12.1. The van der Waals surface area contributed by atoms with E-state index in [-0.39, 0.29) is 30.4 Å². The van der Waals surface area contributed by atoms with Crippen LogP contribution < -0.4 is 10.7 Å². The molecule has 2 rings (SSSR count). The number of nitrogens with one attached hydrogen (secondary N) is 1. The topological polar surface area (TPSA) is 103 Å². The van der Waals surface area contributed by atoms with Gasteiger partial charge in [-0.15, -0.1) is 0 Å². The third-order valence-electron chi connectivity index (χ3n) is 3.73. The first kappa shape index (κ1) is 15.5. The molecule has 3 N–H and O–H groups in total. The smallest absolute Gasteiger partial charge is 0.237 e. The molecule has 116 valence electrons. The van der Waals surface area contributed by atoms with Gasteiger partial charge in [-0.05, 0) is 19.8 Å². The van der Waals surface area contributed by atoms with E-state index in [0.717, 1.165) is 12.3 Å². The van der Waals surface area contributed by atoms with Gasteiger partial charge < -0.3 is 19.9 Å². The normalized spacial score (nSPS) is 18.4. The summed E-state index contributed by atoms with van der Waals surface area (Å²) in [7, 11) is 0. The molecule has 0 spiro atoms. The summed E-state index contributed by atoms with van der Waals surface area (Å²) >= 11 is 0. The first-order chi connectivity index (χ1) is 9.97. The van der Waals surface area contributed by atoms with Crippen molar-refractivity contribution in [3.63, 3.8) is 0 Å². The van der Waals surface area contributed by atoms with Crippen LogP contribution in [0.15, 0.2) is 21.5 Å². The molecule has 0 radical (unpaired) electrons. The molecule has 1 aliphatic heterocycles. The maximum Gasteiger partial charge on any atom is 0.237 e. The van der Waals surface area contributed by atoms with Gasteiger partial charge in [-0.2, -0.15) is 0 Å². The molecule has 7 nitrogen and oxygen atoms in total. The summed E-state index contributed by atoms with van der Waals surface area (Å²) < 4.78 is 5.02. The van der Waals surface area contributed by atoms with Crippen LogP contribution in [0.3, 0.4) is 0 Å². The minimum Gasteiger partial charge on any atom is -0.502 e. The van der Waals surface area contributed by atoms with E-state index in [2.05, 4.69) is 5.32 Å². The van der Waals surface area contributed by atoms with Gasteiger partial charge in [-0.3, -0.25) is 14.5 Å². The van der Waals surface area contributed by atoms with Crippen molar-refractivity contribution in [2.45, 2.75) is 38.5 Å². The van der Waals surface area contributed by atoms with Gasteiger partial charge in [0.2, 0.25) is 11.3 Å². The molecular formula is C14H20N2O5. The largest absolute Gasteiger partial charge is 0.502 e. The highest BCUT2D eigenvalue weighted by atomic mass is 16.4. The molecule has 21 heavy (non-hydrogen) atoms. The average molecular weight is 296 g/mol. The molecule has 1 fully saturated rings. The van der Waals surface area contributed by atoms with E-state index in [1.807, 2.05) is 4.90 Å². The fraction of sp³-hybridized carbons (Fsp3) is 0.571. The average Bonchev–Trinajstić information content (AvgIpc) is 2.48. The van der Waals surface area contributed by atoms with Gasteiger partial charge >= 0.3 is 0 Å². The van der Waals surface area contributed by atoms with Crippen molar-refractivity contribution < 1.29 is 19.4 Å². The van der Waals surface area contributed by atoms with E-state index in [1.54, 1.807) is 6.92 Å². The Kier molecular flexibility index (Phi) is 4.98. The van der Waals surface area contributed by atoms with Gasteiger partial charge in [0.15, 0.2) is 5.75 Å². The first-order valence-corrected chi connectivity index (χ1v) is 6.98. The van der Waals surface area contributed by atoms with Crippen molar-refractivity contribution >= 4 is 5.91 Å². The van der Waals surface area contributed by atoms with Crippen LogP contribution in [0.25, 0.3) is 0 Å². The lowest BCUT2D eigenvalue weighted by molar-refractivity contribution is -0.127. The zero-order chi connectivity index (χ0) is 15.4. The first-order valence-electron chi connectivity index (χ1n) is 6.98. The molecule has 1 saturated heterocycles. The van der Waals surface area contributed by atoms with E-state index in [4.69, 9.17) is 9.52 Å². The molecule has 0 aromatic carbocycles. The molecule has 7 heteroatoms.